The SMILES string of the molecule is Fc1cnc(N2CCN(c3ccc4ncc(Br)n4n3)CC2)nc1. The van der Waals surface area contributed by atoms with Crippen molar-refractivity contribution in [3.05, 3.63) is 41.1 Å². The average molecular weight is 378 g/mol. The molecule has 0 spiro atoms. The molecule has 0 radical (unpaired) electrons. The van der Waals surface area contributed by atoms with Gasteiger partial charge < -0.3 is 9.80 Å². The minimum atomic E-state index is -0.421. The van der Waals surface area contributed by atoms with Gasteiger partial charge in [0.2, 0.25) is 5.95 Å². The third-order valence-corrected chi connectivity index (χ3v) is 4.34. The average Bonchev–Trinajstić information content (AvgIpc) is 2.96. The summed E-state index contributed by atoms with van der Waals surface area (Å²) in [6, 6.07) is 3.92. The predicted molar refractivity (Wildman–Crippen MR) is 87.1 cm³/mol. The second-order valence-electron chi connectivity index (χ2n) is 5.22. The molecule has 7 nitrogen and oxygen atoms in total. The highest BCUT2D eigenvalue weighted by atomic mass is 79.9. The molecule has 1 aliphatic rings. The number of anilines is 2. The van der Waals surface area contributed by atoms with Gasteiger partial charge in [0.05, 0.1) is 18.6 Å². The van der Waals surface area contributed by atoms with Crippen LogP contribution in [0.3, 0.4) is 0 Å². The second-order valence-corrected chi connectivity index (χ2v) is 6.03. The Morgan fingerprint density at radius 1 is 0.913 bits per heavy atom. The van der Waals surface area contributed by atoms with Crippen molar-refractivity contribution in [2.45, 2.75) is 0 Å². The number of hydrogen-bond donors (Lipinski definition) is 0. The van der Waals surface area contributed by atoms with E-state index < -0.39 is 5.82 Å². The van der Waals surface area contributed by atoms with Crippen LogP contribution in [0.25, 0.3) is 5.65 Å². The molecule has 9 heteroatoms. The highest BCUT2D eigenvalue weighted by molar-refractivity contribution is 9.10. The van der Waals surface area contributed by atoms with Crippen molar-refractivity contribution in [1.29, 1.82) is 0 Å². The number of aromatic nitrogens is 5. The van der Waals surface area contributed by atoms with Crippen LogP contribution in [0.5, 0.6) is 0 Å². The molecule has 4 rings (SSSR count). The van der Waals surface area contributed by atoms with Crippen LogP contribution in [0.4, 0.5) is 16.2 Å². The summed E-state index contributed by atoms with van der Waals surface area (Å²) in [7, 11) is 0. The smallest absolute Gasteiger partial charge is 0.225 e. The van der Waals surface area contributed by atoms with Gasteiger partial charge in [-0.2, -0.15) is 0 Å². The van der Waals surface area contributed by atoms with E-state index in [9.17, 15) is 4.39 Å². The standard InChI is InChI=1S/C14H13BrFN7/c15-11-9-17-12-1-2-13(20-23(11)12)21-3-5-22(6-4-21)14-18-7-10(16)8-19-14/h1-2,7-9H,3-6H2. The van der Waals surface area contributed by atoms with Crippen LogP contribution in [0.15, 0.2) is 35.3 Å². The summed E-state index contributed by atoms with van der Waals surface area (Å²) in [5, 5.41) is 4.60. The quantitative estimate of drug-likeness (QED) is 0.677. The highest BCUT2D eigenvalue weighted by Crippen LogP contribution is 2.19. The van der Waals surface area contributed by atoms with Gasteiger partial charge in [-0.25, -0.2) is 23.9 Å². The summed E-state index contributed by atoms with van der Waals surface area (Å²) in [5.74, 6) is 1.04. The Kier molecular flexibility index (Phi) is 3.56. The van der Waals surface area contributed by atoms with E-state index in [1.807, 2.05) is 17.0 Å². The molecule has 23 heavy (non-hydrogen) atoms. The highest BCUT2D eigenvalue weighted by Gasteiger charge is 2.20. The number of imidazole rings is 1. The lowest BCUT2D eigenvalue weighted by Crippen LogP contribution is -2.47. The van der Waals surface area contributed by atoms with Crippen molar-refractivity contribution in [2.24, 2.45) is 0 Å². The molecular weight excluding hydrogens is 365 g/mol. The topological polar surface area (TPSA) is 62.5 Å². The van der Waals surface area contributed by atoms with Gasteiger partial charge in [0, 0.05) is 26.2 Å². The Morgan fingerprint density at radius 3 is 2.35 bits per heavy atom. The van der Waals surface area contributed by atoms with Crippen molar-refractivity contribution in [3.8, 4) is 0 Å². The zero-order chi connectivity index (χ0) is 15.8. The largest absolute Gasteiger partial charge is 0.352 e. The Bertz CT molecular complexity index is 827. The van der Waals surface area contributed by atoms with Crippen molar-refractivity contribution in [3.63, 3.8) is 0 Å². The van der Waals surface area contributed by atoms with Gasteiger partial charge in [0.1, 0.15) is 10.4 Å². The van der Waals surface area contributed by atoms with Gasteiger partial charge >= 0.3 is 0 Å². The zero-order valence-electron chi connectivity index (χ0n) is 12.1. The first-order valence-corrected chi connectivity index (χ1v) is 7.98. The van der Waals surface area contributed by atoms with E-state index in [1.54, 1.807) is 10.7 Å². The second kappa shape index (κ2) is 5.73. The molecule has 0 aromatic carbocycles. The van der Waals surface area contributed by atoms with E-state index in [0.29, 0.717) is 5.95 Å². The molecule has 0 amide bonds. The van der Waals surface area contributed by atoms with Crippen molar-refractivity contribution in [1.82, 2.24) is 24.6 Å². The third-order valence-electron chi connectivity index (χ3n) is 3.80. The number of fused-ring (bicyclic) bond motifs is 1. The molecular formula is C14H13BrFN7. The summed E-state index contributed by atoms with van der Waals surface area (Å²) in [4.78, 5) is 16.6. The minimum absolute atomic E-state index is 0.421. The fourth-order valence-electron chi connectivity index (χ4n) is 2.61. The lowest BCUT2D eigenvalue weighted by Gasteiger charge is -2.35. The Morgan fingerprint density at radius 2 is 1.61 bits per heavy atom. The lowest BCUT2D eigenvalue weighted by molar-refractivity contribution is 0.600. The Balaban J connectivity index is 1.49. The molecule has 118 valence electrons. The normalized spacial score (nSPS) is 15.4. The first kappa shape index (κ1) is 14.3. The summed E-state index contributed by atoms with van der Waals surface area (Å²) in [6.07, 6.45) is 4.12. The molecule has 3 aromatic heterocycles. The number of halogens is 2. The van der Waals surface area contributed by atoms with Crippen molar-refractivity contribution >= 4 is 33.3 Å². The van der Waals surface area contributed by atoms with Gasteiger partial charge in [-0.1, -0.05) is 0 Å². The molecule has 3 aromatic rings. The molecule has 0 unspecified atom stereocenters. The Labute approximate surface area is 139 Å². The summed E-state index contributed by atoms with van der Waals surface area (Å²) in [6.45, 7) is 3.12. The van der Waals surface area contributed by atoms with Gasteiger partial charge in [0.15, 0.2) is 11.5 Å². The third kappa shape index (κ3) is 2.72. The van der Waals surface area contributed by atoms with Crippen LogP contribution in [0.2, 0.25) is 0 Å². The number of piperazine rings is 1. The maximum Gasteiger partial charge on any atom is 0.225 e. The van der Waals surface area contributed by atoms with Crippen LogP contribution in [-0.2, 0) is 0 Å². The monoisotopic (exact) mass is 377 g/mol. The van der Waals surface area contributed by atoms with Gasteiger partial charge in [-0.3, -0.25) is 0 Å². The lowest BCUT2D eigenvalue weighted by atomic mass is 10.3. The maximum absolute atomic E-state index is 12.9. The minimum Gasteiger partial charge on any atom is -0.352 e. The Hall–Kier alpha value is -2.29. The molecule has 0 saturated carbocycles. The summed E-state index contributed by atoms with van der Waals surface area (Å²) >= 11 is 3.44. The van der Waals surface area contributed by atoms with Crippen molar-refractivity contribution < 1.29 is 4.39 Å². The van der Waals surface area contributed by atoms with Crippen LogP contribution in [-0.4, -0.2) is 50.7 Å². The molecule has 1 fully saturated rings. The predicted octanol–water partition coefficient (Wildman–Crippen LogP) is 1.75. The number of rotatable bonds is 2. The summed E-state index contributed by atoms with van der Waals surface area (Å²) in [5.41, 5.74) is 0.805. The molecule has 0 N–H and O–H groups in total. The van der Waals surface area contributed by atoms with E-state index in [1.165, 1.54) is 12.4 Å². The van der Waals surface area contributed by atoms with Gasteiger partial charge in [0.25, 0.3) is 0 Å². The molecule has 1 aliphatic heterocycles. The molecule has 4 heterocycles. The van der Waals surface area contributed by atoms with Crippen LogP contribution in [0.1, 0.15) is 0 Å². The van der Waals surface area contributed by atoms with Crippen LogP contribution < -0.4 is 9.80 Å². The van der Waals surface area contributed by atoms with E-state index in [0.717, 1.165) is 42.2 Å². The molecule has 0 aliphatic carbocycles. The molecule has 0 bridgehead atoms. The molecule has 1 saturated heterocycles. The zero-order valence-corrected chi connectivity index (χ0v) is 13.7. The number of nitrogens with zero attached hydrogens (tertiary/aromatic N) is 7. The maximum atomic E-state index is 12.9. The van der Waals surface area contributed by atoms with E-state index >= 15 is 0 Å². The van der Waals surface area contributed by atoms with Crippen molar-refractivity contribution in [2.75, 3.05) is 36.0 Å². The first-order valence-electron chi connectivity index (χ1n) is 7.18. The number of hydrogen-bond acceptors (Lipinski definition) is 6. The van der Waals surface area contributed by atoms with E-state index in [2.05, 4.69) is 40.9 Å². The van der Waals surface area contributed by atoms with Crippen LogP contribution in [0, 0.1) is 5.82 Å². The fourth-order valence-corrected chi connectivity index (χ4v) is 2.97. The fraction of sp³-hybridized carbons (Fsp3) is 0.286. The van der Waals surface area contributed by atoms with Crippen LogP contribution >= 0.6 is 15.9 Å². The first-order chi connectivity index (χ1) is 11.2. The van der Waals surface area contributed by atoms with E-state index in [-0.39, 0.29) is 0 Å². The van der Waals surface area contributed by atoms with E-state index in [4.69, 9.17) is 0 Å². The molecule has 0 atom stereocenters. The van der Waals surface area contributed by atoms with Gasteiger partial charge in [-0.15, -0.1) is 5.10 Å². The summed E-state index contributed by atoms with van der Waals surface area (Å²) < 4.78 is 15.5. The van der Waals surface area contributed by atoms with Gasteiger partial charge in [-0.05, 0) is 28.1 Å².